The fourth-order valence-corrected chi connectivity index (χ4v) is 3.98. The van der Waals surface area contributed by atoms with Gasteiger partial charge >= 0.3 is 5.69 Å². The number of aromatic amines is 1. The van der Waals surface area contributed by atoms with Gasteiger partial charge in [-0.25, -0.2) is 4.79 Å². The number of rotatable bonds is 6. The molecule has 0 aliphatic carbocycles. The SMILES string of the molecule is CN(C)c1ccc(C=Nn2c(=O)[nH]c3ccccc3c2=O)c(OCc2cccc3ccccc23)c1. The van der Waals surface area contributed by atoms with Crippen LogP contribution in [-0.2, 0) is 6.61 Å². The summed E-state index contributed by atoms with van der Waals surface area (Å²) in [5.74, 6) is 0.596. The van der Waals surface area contributed by atoms with E-state index in [0.29, 0.717) is 28.8 Å². The zero-order valence-corrected chi connectivity index (χ0v) is 19.4. The van der Waals surface area contributed by atoms with Crippen molar-refractivity contribution in [2.75, 3.05) is 19.0 Å². The molecule has 0 bridgehead atoms. The van der Waals surface area contributed by atoms with E-state index >= 15 is 0 Å². The van der Waals surface area contributed by atoms with E-state index in [2.05, 4.69) is 28.3 Å². The van der Waals surface area contributed by atoms with Crippen molar-refractivity contribution in [3.8, 4) is 5.75 Å². The fraction of sp³-hybridized carbons (Fsp3) is 0.107. The maximum Gasteiger partial charge on any atom is 0.349 e. The molecule has 0 atom stereocenters. The van der Waals surface area contributed by atoms with Crippen molar-refractivity contribution in [3.63, 3.8) is 0 Å². The first-order valence-electron chi connectivity index (χ1n) is 11.2. The monoisotopic (exact) mass is 464 g/mol. The molecule has 0 saturated heterocycles. The molecule has 174 valence electrons. The van der Waals surface area contributed by atoms with E-state index in [4.69, 9.17) is 4.74 Å². The van der Waals surface area contributed by atoms with E-state index in [1.165, 1.54) is 6.21 Å². The van der Waals surface area contributed by atoms with Gasteiger partial charge in [-0.15, -0.1) is 4.68 Å². The van der Waals surface area contributed by atoms with Crippen molar-refractivity contribution in [3.05, 3.63) is 117 Å². The summed E-state index contributed by atoms with van der Waals surface area (Å²) in [5.41, 5.74) is 2.05. The van der Waals surface area contributed by atoms with Gasteiger partial charge in [0.2, 0.25) is 0 Å². The second-order valence-electron chi connectivity index (χ2n) is 8.38. The Morgan fingerprint density at radius 3 is 2.49 bits per heavy atom. The standard InChI is InChI=1S/C28H24N4O3/c1-31(2)22-15-14-20(17-29-32-27(33)24-12-5-6-13-25(24)30-28(32)34)26(16-22)35-18-21-10-7-9-19-8-3-4-11-23(19)21/h3-17H,18H2,1-2H3,(H,30,34). The van der Waals surface area contributed by atoms with Gasteiger partial charge < -0.3 is 14.6 Å². The van der Waals surface area contributed by atoms with Crippen LogP contribution in [-0.4, -0.2) is 30.0 Å². The Balaban J connectivity index is 1.51. The molecule has 4 aromatic carbocycles. The smallest absolute Gasteiger partial charge is 0.349 e. The molecular weight excluding hydrogens is 440 g/mol. The summed E-state index contributed by atoms with van der Waals surface area (Å²) in [6.07, 6.45) is 1.48. The van der Waals surface area contributed by atoms with Crippen LogP contribution < -0.4 is 20.9 Å². The number of ether oxygens (including phenoxy) is 1. The molecule has 0 unspecified atom stereocenters. The summed E-state index contributed by atoms with van der Waals surface area (Å²) in [7, 11) is 3.90. The molecular formula is C28H24N4O3. The third-order valence-corrected chi connectivity index (χ3v) is 5.87. The van der Waals surface area contributed by atoms with Gasteiger partial charge in [0.25, 0.3) is 5.56 Å². The highest BCUT2D eigenvalue weighted by Crippen LogP contribution is 2.26. The van der Waals surface area contributed by atoms with Crippen molar-refractivity contribution < 1.29 is 4.74 Å². The summed E-state index contributed by atoms with van der Waals surface area (Å²) in [6.45, 7) is 0.357. The summed E-state index contributed by atoms with van der Waals surface area (Å²) >= 11 is 0. The number of hydrogen-bond acceptors (Lipinski definition) is 5. The predicted octanol–water partition coefficient (Wildman–Crippen LogP) is 4.37. The van der Waals surface area contributed by atoms with Crippen molar-refractivity contribution >= 4 is 33.6 Å². The molecule has 5 rings (SSSR count). The van der Waals surface area contributed by atoms with Gasteiger partial charge in [0, 0.05) is 31.4 Å². The van der Waals surface area contributed by atoms with Gasteiger partial charge in [0.05, 0.1) is 17.1 Å². The summed E-state index contributed by atoms with van der Waals surface area (Å²) in [5, 5.41) is 6.87. The summed E-state index contributed by atoms with van der Waals surface area (Å²) in [4.78, 5) is 30.0. The first-order chi connectivity index (χ1) is 17.0. The predicted molar refractivity (Wildman–Crippen MR) is 141 cm³/mol. The van der Waals surface area contributed by atoms with Crippen LogP contribution in [0.5, 0.6) is 5.75 Å². The number of benzene rings is 4. The number of para-hydroxylation sites is 1. The molecule has 1 aromatic heterocycles. The second kappa shape index (κ2) is 9.30. The summed E-state index contributed by atoms with van der Waals surface area (Å²) in [6, 6.07) is 26.8. The van der Waals surface area contributed by atoms with E-state index in [9.17, 15) is 9.59 Å². The lowest BCUT2D eigenvalue weighted by Crippen LogP contribution is -2.32. The van der Waals surface area contributed by atoms with Crippen molar-refractivity contribution in [2.45, 2.75) is 6.61 Å². The molecule has 7 nitrogen and oxygen atoms in total. The van der Waals surface area contributed by atoms with E-state index in [-0.39, 0.29) is 0 Å². The third-order valence-electron chi connectivity index (χ3n) is 5.87. The first kappa shape index (κ1) is 22.2. The van der Waals surface area contributed by atoms with E-state index < -0.39 is 11.2 Å². The molecule has 7 heteroatoms. The number of aromatic nitrogens is 2. The maximum atomic E-state index is 12.8. The molecule has 35 heavy (non-hydrogen) atoms. The topological polar surface area (TPSA) is 79.7 Å². The number of nitrogens with one attached hydrogen (secondary N) is 1. The van der Waals surface area contributed by atoms with Crippen LogP contribution in [0.3, 0.4) is 0 Å². The van der Waals surface area contributed by atoms with Crippen molar-refractivity contribution in [1.29, 1.82) is 0 Å². The molecule has 0 saturated carbocycles. The number of H-pyrrole nitrogens is 1. The largest absolute Gasteiger partial charge is 0.488 e. The Bertz CT molecular complexity index is 1680. The Morgan fingerprint density at radius 1 is 0.914 bits per heavy atom. The van der Waals surface area contributed by atoms with Crippen LogP contribution in [0.1, 0.15) is 11.1 Å². The van der Waals surface area contributed by atoms with E-state index in [0.717, 1.165) is 26.7 Å². The quantitative estimate of drug-likeness (QED) is 0.379. The minimum Gasteiger partial charge on any atom is -0.488 e. The van der Waals surface area contributed by atoms with Gasteiger partial charge in [0.1, 0.15) is 12.4 Å². The second-order valence-corrected chi connectivity index (χ2v) is 8.38. The van der Waals surface area contributed by atoms with E-state index in [1.807, 2.05) is 61.5 Å². The molecule has 0 fully saturated rings. The zero-order chi connectivity index (χ0) is 24.4. The minimum absolute atomic E-state index is 0.357. The Hall–Kier alpha value is -4.65. The van der Waals surface area contributed by atoms with Crippen LogP contribution in [0.4, 0.5) is 5.69 Å². The lowest BCUT2D eigenvalue weighted by atomic mass is 10.1. The van der Waals surface area contributed by atoms with Gasteiger partial charge in [-0.1, -0.05) is 54.6 Å². The first-order valence-corrected chi connectivity index (χ1v) is 11.2. The zero-order valence-electron chi connectivity index (χ0n) is 19.4. The highest BCUT2D eigenvalue weighted by molar-refractivity contribution is 5.86. The Morgan fingerprint density at radius 2 is 1.66 bits per heavy atom. The molecule has 0 radical (unpaired) electrons. The molecule has 0 amide bonds. The van der Waals surface area contributed by atoms with Gasteiger partial charge in [-0.2, -0.15) is 5.10 Å². The van der Waals surface area contributed by atoms with Crippen LogP contribution in [0.15, 0.2) is 99.6 Å². The number of hydrogen-bond donors (Lipinski definition) is 1. The highest BCUT2D eigenvalue weighted by atomic mass is 16.5. The molecule has 1 heterocycles. The van der Waals surface area contributed by atoms with Crippen molar-refractivity contribution in [1.82, 2.24) is 9.66 Å². The lowest BCUT2D eigenvalue weighted by molar-refractivity contribution is 0.307. The maximum absolute atomic E-state index is 12.8. The third kappa shape index (κ3) is 4.44. The van der Waals surface area contributed by atoms with Gasteiger partial charge in [-0.3, -0.25) is 4.79 Å². The van der Waals surface area contributed by atoms with Gasteiger partial charge in [0.15, 0.2) is 0 Å². The van der Waals surface area contributed by atoms with Crippen LogP contribution in [0.25, 0.3) is 21.7 Å². The fourth-order valence-electron chi connectivity index (χ4n) is 3.98. The van der Waals surface area contributed by atoms with Crippen LogP contribution in [0, 0.1) is 0 Å². The van der Waals surface area contributed by atoms with Crippen LogP contribution in [0.2, 0.25) is 0 Å². The Kier molecular flexibility index (Phi) is 5.89. The van der Waals surface area contributed by atoms with Crippen LogP contribution >= 0.6 is 0 Å². The number of nitrogens with zero attached hydrogens (tertiary/aromatic N) is 3. The molecule has 0 aliphatic rings. The van der Waals surface area contributed by atoms with Gasteiger partial charge in [-0.05, 0) is 40.6 Å². The number of fused-ring (bicyclic) bond motifs is 2. The number of anilines is 1. The molecule has 1 N–H and O–H groups in total. The molecule has 0 aliphatic heterocycles. The molecule has 5 aromatic rings. The minimum atomic E-state index is -0.604. The Labute approximate surface area is 201 Å². The lowest BCUT2D eigenvalue weighted by Gasteiger charge is -2.16. The van der Waals surface area contributed by atoms with E-state index in [1.54, 1.807) is 24.3 Å². The normalized spacial score (nSPS) is 11.4. The average molecular weight is 465 g/mol. The molecule has 0 spiro atoms. The average Bonchev–Trinajstić information content (AvgIpc) is 2.87. The highest BCUT2D eigenvalue weighted by Gasteiger charge is 2.10. The van der Waals surface area contributed by atoms with Crippen molar-refractivity contribution in [2.24, 2.45) is 5.10 Å². The summed E-state index contributed by atoms with van der Waals surface area (Å²) < 4.78 is 7.08.